The lowest BCUT2D eigenvalue weighted by Gasteiger charge is -2.18. The van der Waals surface area contributed by atoms with Crippen LogP contribution in [-0.2, 0) is 0 Å². The van der Waals surface area contributed by atoms with Crippen LogP contribution in [0.4, 0.5) is 0 Å². The molecule has 0 atom stereocenters. The summed E-state index contributed by atoms with van der Waals surface area (Å²) in [7, 11) is 0. The molecule has 0 saturated heterocycles. The van der Waals surface area contributed by atoms with Gasteiger partial charge < -0.3 is 8.83 Å². The van der Waals surface area contributed by atoms with Gasteiger partial charge in [0.15, 0.2) is 0 Å². The first-order chi connectivity index (χ1) is 23.3. The molecule has 0 fully saturated rings. The quantitative estimate of drug-likeness (QED) is 0.233. The maximum Gasteiger partial charge on any atom is 0.146 e. The predicted molar refractivity (Wildman–Crippen MR) is 149 cm³/mol. The minimum Gasteiger partial charge on any atom is -0.464 e. The second kappa shape index (κ2) is 7.34. The topological polar surface area (TPSA) is 26.3 Å². The highest BCUT2D eigenvalue weighted by Crippen LogP contribution is 2.47. The summed E-state index contributed by atoms with van der Waals surface area (Å²) in [6.45, 7) is 0. The lowest BCUT2D eigenvalue weighted by Crippen LogP contribution is -1.91. The van der Waals surface area contributed by atoms with Gasteiger partial charge in [0.2, 0.25) is 0 Å². The molecule has 0 radical (unpaired) electrons. The number of fused-ring (bicyclic) bond motifs is 7. The summed E-state index contributed by atoms with van der Waals surface area (Å²) in [5.41, 5.74) is 0.667. The third-order valence-corrected chi connectivity index (χ3v) is 6.47. The largest absolute Gasteiger partial charge is 0.464 e. The van der Waals surface area contributed by atoms with Gasteiger partial charge in [0.25, 0.3) is 0 Å². The third-order valence-electron chi connectivity index (χ3n) is 6.47. The van der Waals surface area contributed by atoms with Gasteiger partial charge in [0.05, 0.1) is 29.5 Å². The van der Waals surface area contributed by atoms with Gasteiger partial charge in [-0.2, -0.15) is 0 Å². The highest BCUT2D eigenvalue weighted by molar-refractivity contribution is 6.26. The first-order valence-electron chi connectivity index (χ1n) is 17.6. The van der Waals surface area contributed by atoms with E-state index in [-0.39, 0.29) is 43.8 Å². The van der Waals surface area contributed by atoms with E-state index in [0.29, 0.717) is 21.9 Å². The zero-order valence-electron chi connectivity index (χ0n) is 31.4. The molecule has 0 unspecified atom stereocenters. The first kappa shape index (κ1) is 10.8. The maximum absolute atomic E-state index is 9.20. The molecule has 0 N–H and O–H groups in total. The molecule has 36 heavy (non-hydrogen) atoms. The fraction of sp³-hybridized carbons (Fsp3) is 0. The van der Waals surface area contributed by atoms with Gasteiger partial charge in [-0.1, -0.05) is 96.8 Å². The first-order valence-corrected chi connectivity index (χ1v) is 11.1. The second-order valence-corrected chi connectivity index (χ2v) is 8.31. The standard InChI is InChI=1S/C34H20O2/c1-2-10-21(11-3-1)31-23-13-4-6-15-25(23)32(26-16-7-5-14-24(26)31)29-20-28-22-12-8-9-17-30(22)36-34(28)27-18-19-35-33(27)29/h1-20H/i1D,2D,3D,4D,5D,6D,7D,10D,11D,13D,14D,15D,16D. The van der Waals surface area contributed by atoms with Crippen LogP contribution in [0.25, 0.3) is 76.7 Å². The van der Waals surface area contributed by atoms with Crippen LogP contribution < -0.4 is 0 Å². The summed E-state index contributed by atoms with van der Waals surface area (Å²) in [5, 5.41) is 0.891. The van der Waals surface area contributed by atoms with Gasteiger partial charge in [0.1, 0.15) is 16.7 Å². The van der Waals surface area contributed by atoms with Gasteiger partial charge in [-0.25, -0.2) is 0 Å². The van der Waals surface area contributed by atoms with Gasteiger partial charge in [-0.3, -0.25) is 0 Å². The van der Waals surface area contributed by atoms with Gasteiger partial charge in [-0.05, 0) is 50.9 Å². The highest BCUT2D eigenvalue weighted by Gasteiger charge is 2.22. The molecule has 0 aliphatic rings. The Bertz CT molecular complexity index is 2710. The van der Waals surface area contributed by atoms with Crippen molar-refractivity contribution < 1.29 is 26.7 Å². The van der Waals surface area contributed by atoms with E-state index in [0.717, 1.165) is 5.39 Å². The summed E-state index contributed by atoms with van der Waals surface area (Å²) in [6.07, 6.45) is 1.41. The maximum atomic E-state index is 9.20. The van der Waals surface area contributed by atoms with E-state index in [9.17, 15) is 2.74 Å². The van der Waals surface area contributed by atoms with Crippen LogP contribution in [0.3, 0.4) is 0 Å². The molecule has 2 nitrogen and oxygen atoms in total. The molecule has 0 aliphatic heterocycles. The summed E-state index contributed by atoms with van der Waals surface area (Å²) in [5.74, 6) is 0. The van der Waals surface area contributed by atoms with Crippen LogP contribution in [0.2, 0.25) is 0 Å². The van der Waals surface area contributed by atoms with Crippen molar-refractivity contribution in [2.45, 2.75) is 0 Å². The van der Waals surface area contributed by atoms with Crippen LogP contribution in [-0.4, -0.2) is 0 Å². The minimum atomic E-state index is -0.724. The molecule has 0 spiro atoms. The van der Waals surface area contributed by atoms with Crippen molar-refractivity contribution in [2.75, 3.05) is 0 Å². The molecular formula is C34H20O2. The Kier molecular flexibility index (Phi) is 2.21. The zero-order valence-corrected chi connectivity index (χ0v) is 18.4. The molecule has 2 aromatic heterocycles. The van der Waals surface area contributed by atoms with E-state index in [2.05, 4.69) is 0 Å². The Morgan fingerprint density at radius 1 is 0.528 bits per heavy atom. The molecule has 8 rings (SSSR count). The number of hydrogen-bond donors (Lipinski definition) is 0. The SMILES string of the molecule is [2H]c1c([2H])c([2H])c(-c2c3c([2H])c([2H])c([2H])c([2H])c3c(-c3cc4c5ccccc5oc4c4ccoc34)c3c([2H])c([2H])c([2H])c([2H])c23)c([2H])c1[2H]. The van der Waals surface area contributed by atoms with Crippen molar-refractivity contribution in [1.82, 2.24) is 0 Å². The van der Waals surface area contributed by atoms with Crippen LogP contribution in [0, 0.1) is 0 Å². The second-order valence-electron chi connectivity index (χ2n) is 8.31. The Balaban J connectivity index is 1.76. The smallest absolute Gasteiger partial charge is 0.146 e. The van der Waals surface area contributed by atoms with Crippen molar-refractivity contribution in [3.63, 3.8) is 0 Å². The van der Waals surface area contributed by atoms with E-state index in [4.69, 9.17) is 23.9 Å². The molecular weight excluding hydrogens is 440 g/mol. The molecule has 6 aromatic carbocycles. The van der Waals surface area contributed by atoms with E-state index >= 15 is 0 Å². The lowest BCUT2D eigenvalue weighted by molar-refractivity contribution is 0.616. The minimum absolute atomic E-state index is 0.00718. The molecule has 2 heteroatoms. The Morgan fingerprint density at radius 3 is 1.89 bits per heavy atom. The van der Waals surface area contributed by atoms with E-state index in [1.807, 2.05) is 18.2 Å². The summed E-state index contributed by atoms with van der Waals surface area (Å²) < 4.78 is 126. The van der Waals surface area contributed by atoms with Crippen LogP contribution in [0.15, 0.2) is 130 Å². The van der Waals surface area contributed by atoms with Crippen LogP contribution in [0.5, 0.6) is 0 Å². The lowest BCUT2D eigenvalue weighted by atomic mass is 9.85. The summed E-state index contributed by atoms with van der Waals surface area (Å²) in [6, 6.07) is 2.02. The third kappa shape index (κ3) is 2.61. The highest BCUT2D eigenvalue weighted by atomic mass is 16.3. The molecule has 168 valence electrons. The van der Waals surface area contributed by atoms with Crippen molar-refractivity contribution in [1.29, 1.82) is 0 Å². The molecule has 0 bridgehead atoms. The van der Waals surface area contributed by atoms with E-state index in [1.54, 1.807) is 18.2 Å². The number of rotatable bonds is 2. The zero-order chi connectivity index (χ0) is 35.0. The fourth-order valence-corrected chi connectivity index (χ4v) is 5.02. The average molecular weight is 474 g/mol. The number of benzene rings is 6. The Morgan fingerprint density at radius 2 is 1.17 bits per heavy atom. The van der Waals surface area contributed by atoms with Crippen LogP contribution >= 0.6 is 0 Å². The van der Waals surface area contributed by atoms with Crippen LogP contribution in [0.1, 0.15) is 17.8 Å². The molecule has 0 saturated carbocycles. The average Bonchev–Trinajstić information content (AvgIpc) is 3.74. The summed E-state index contributed by atoms with van der Waals surface area (Å²) in [4.78, 5) is 0. The molecule has 0 aliphatic carbocycles. The van der Waals surface area contributed by atoms with Gasteiger partial charge in [0, 0.05) is 21.9 Å². The number of furan rings is 2. The van der Waals surface area contributed by atoms with Gasteiger partial charge in [-0.15, -0.1) is 0 Å². The van der Waals surface area contributed by atoms with Crippen molar-refractivity contribution >= 4 is 54.5 Å². The van der Waals surface area contributed by atoms with Crippen molar-refractivity contribution in [3.8, 4) is 22.3 Å². The Labute approximate surface area is 225 Å². The Hall–Kier alpha value is -4.82. The molecule has 8 aromatic rings. The number of hydrogen-bond acceptors (Lipinski definition) is 2. The van der Waals surface area contributed by atoms with Crippen molar-refractivity contribution in [3.05, 3.63) is 121 Å². The summed E-state index contributed by atoms with van der Waals surface area (Å²) >= 11 is 0. The fourth-order valence-electron chi connectivity index (χ4n) is 5.02. The monoisotopic (exact) mass is 473 g/mol. The van der Waals surface area contributed by atoms with Gasteiger partial charge >= 0.3 is 0 Å². The number of para-hydroxylation sites is 1. The van der Waals surface area contributed by atoms with E-state index < -0.39 is 84.1 Å². The predicted octanol–water partition coefficient (Wildman–Crippen LogP) is 9.97. The van der Waals surface area contributed by atoms with Crippen molar-refractivity contribution in [2.24, 2.45) is 0 Å². The van der Waals surface area contributed by atoms with E-state index in [1.165, 1.54) is 6.26 Å². The molecule has 0 amide bonds. The molecule has 2 heterocycles. The normalized spacial score (nSPS) is 16.9.